The highest BCUT2D eigenvalue weighted by molar-refractivity contribution is 7.13. The number of nitrogens with one attached hydrogen (secondary N) is 1. The zero-order valence-corrected chi connectivity index (χ0v) is 18.9. The van der Waals surface area contributed by atoms with Crippen LogP contribution < -0.4 is 10.2 Å². The van der Waals surface area contributed by atoms with Gasteiger partial charge < -0.3 is 15.1 Å². The predicted octanol–water partition coefficient (Wildman–Crippen LogP) is 3.07. The van der Waals surface area contributed by atoms with Gasteiger partial charge in [0.15, 0.2) is 11.1 Å². The first kappa shape index (κ1) is 21.1. The van der Waals surface area contributed by atoms with Crippen molar-refractivity contribution in [3.05, 3.63) is 47.0 Å². The molecule has 1 aromatic carbocycles. The number of hydrogen-bond donors (Lipinski definition) is 1. The molecule has 0 spiro atoms. The molecule has 4 rings (SSSR count). The Morgan fingerprint density at radius 2 is 1.83 bits per heavy atom. The Morgan fingerprint density at radius 1 is 1.07 bits per heavy atom. The van der Waals surface area contributed by atoms with Crippen molar-refractivity contribution in [2.24, 2.45) is 4.99 Å². The molecule has 0 atom stereocenters. The fourth-order valence-corrected chi connectivity index (χ4v) is 5.04. The highest BCUT2D eigenvalue weighted by atomic mass is 32.1. The zero-order chi connectivity index (χ0) is 20.6. The molecule has 7 heteroatoms. The van der Waals surface area contributed by atoms with Gasteiger partial charge in [0.1, 0.15) is 0 Å². The summed E-state index contributed by atoms with van der Waals surface area (Å²) in [6, 6.07) is 10.8. The van der Waals surface area contributed by atoms with Crippen LogP contribution in [0.25, 0.3) is 0 Å². The molecule has 162 valence electrons. The average Bonchev–Trinajstić information content (AvgIpc) is 3.47. The van der Waals surface area contributed by atoms with Crippen LogP contribution in [0.1, 0.15) is 31.0 Å². The molecule has 0 bridgehead atoms. The summed E-state index contributed by atoms with van der Waals surface area (Å²) in [6.45, 7) is 11.4. The van der Waals surface area contributed by atoms with Crippen LogP contribution in [0.3, 0.4) is 0 Å². The Balaban J connectivity index is 1.26. The quantitative estimate of drug-likeness (QED) is 0.545. The average molecular weight is 427 g/mol. The predicted molar refractivity (Wildman–Crippen MR) is 127 cm³/mol. The maximum absolute atomic E-state index is 4.91. The van der Waals surface area contributed by atoms with E-state index in [0.717, 1.165) is 71.3 Å². The smallest absolute Gasteiger partial charge is 0.194 e. The van der Waals surface area contributed by atoms with Crippen molar-refractivity contribution < 1.29 is 0 Å². The van der Waals surface area contributed by atoms with Gasteiger partial charge in [0.2, 0.25) is 0 Å². The first-order chi connectivity index (χ1) is 14.8. The molecule has 2 aliphatic rings. The molecule has 1 N–H and O–H groups in total. The lowest BCUT2D eigenvalue weighted by Crippen LogP contribution is -2.52. The normalized spacial score (nSPS) is 18.2. The van der Waals surface area contributed by atoms with E-state index in [-0.39, 0.29) is 0 Å². The van der Waals surface area contributed by atoms with E-state index >= 15 is 0 Å². The Labute approximate surface area is 184 Å². The second kappa shape index (κ2) is 10.8. The molecule has 3 heterocycles. The third-order valence-corrected chi connectivity index (χ3v) is 6.75. The first-order valence-electron chi connectivity index (χ1n) is 11.3. The van der Waals surface area contributed by atoms with Gasteiger partial charge in [-0.3, -0.25) is 9.89 Å². The molecule has 30 heavy (non-hydrogen) atoms. The van der Waals surface area contributed by atoms with E-state index in [0.29, 0.717) is 0 Å². The molecule has 6 nitrogen and oxygen atoms in total. The van der Waals surface area contributed by atoms with Gasteiger partial charge in [-0.1, -0.05) is 30.3 Å². The number of benzene rings is 1. The highest BCUT2D eigenvalue weighted by Gasteiger charge is 2.20. The lowest BCUT2D eigenvalue weighted by Gasteiger charge is -2.36. The van der Waals surface area contributed by atoms with Crippen molar-refractivity contribution >= 4 is 22.4 Å². The molecular formula is C23H34N6S. The molecule has 0 amide bonds. The largest absolute Gasteiger partial charge is 0.357 e. The zero-order valence-electron chi connectivity index (χ0n) is 18.1. The van der Waals surface area contributed by atoms with E-state index in [9.17, 15) is 0 Å². The third kappa shape index (κ3) is 5.73. The monoisotopic (exact) mass is 426 g/mol. The lowest BCUT2D eigenvalue weighted by atomic mass is 10.2. The minimum Gasteiger partial charge on any atom is -0.357 e. The van der Waals surface area contributed by atoms with E-state index in [2.05, 4.69) is 62.7 Å². The Hall–Kier alpha value is -2.12. The number of aliphatic imine (C=N–C) groups is 1. The van der Waals surface area contributed by atoms with Crippen LogP contribution in [0.2, 0.25) is 0 Å². The topological polar surface area (TPSA) is 47.0 Å². The summed E-state index contributed by atoms with van der Waals surface area (Å²) in [5, 5.41) is 6.88. The number of thiazole rings is 1. The van der Waals surface area contributed by atoms with Gasteiger partial charge >= 0.3 is 0 Å². The van der Waals surface area contributed by atoms with Crippen molar-refractivity contribution in [3.63, 3.8) is 0 Å². The summed E-state index contributed by atoms with van der Waals surface area (Å²) >= 11 is 1.78. The first-order valence-corrected chi connectivity index (χ1v) is 12.2. The third-order valence-electron chi connectivity index (χ3n) is 5.80. The van der Waals surface area contributed by atoms with Crippen LogP contribution in [0.4, 0.5) is 5.13 Å². The maximum atomic E-state index is 4.91. The SMILES string of the molecule is CCNC(=NCCc1csc(N2CCCC2)n1)N1CCN(Cc2ccccc2)CC1. The van der Waals surface area contributed by atoms with E-state index in [1.807, 2.05) is 0 Å². The van der Waals surface area contributed by atoms with Gasteiger partial charge in [-0.15, -0.1) is 11.3 Å². The van der Waals surface area contributed by atoms with Crippen molar-refractivity contribution in [1.82, 2.24) is 20.1 Å². The van der Waals surface area contributed by atoms with Gasteiger partial charge in [-0.2, -0.15) is 0 Å². The number of anilines is 1. The molecule has 0 saturated carbocycles. The number of rotatable bonds is 7. The number of aromatic nitrogens is 1. The highest BCUT2D eigenvalue weighted by Crippen LogP contribution is 2.24. The van der Waals surface area contributed by atoms with Crippen molar-refractivity contribution in [2.45, 2.75) is 32.7 Å². The number of hydrogen-bond acceptors (Lipinski definition) is 5. The summed E-state index contributed by atoms with van der Waals surface area (Å²) in [7, 11) is 0. The van der Waals surface area contributed by atoms with E-state index < -0.39 is 0 Å². The molecule has 0 radical (unpaired) electrons. The molecule has 2 aromatic rings. The number of guanidine groups is 1. The standard InChI is InChI=1S/C23H34N6S/c1-2-24-22(25-11-10-21-19-30-23(26-21)29-12-6-7-13-29)28-16-14-27(15-17-28)18-20-8-4-3-5-9-20/h3-5,8-9,19H,2,6-7,10-18H2,1H3,(H,24,25). The van der Waals surface area contributed by atoms with Gasteiger partial charge in [0.05, 0.1) is 5.69 Å². The van der Waals surface area contributed by atoms with E-state index in [1.165, 1.54) is 29.2 Å². The summed E-state index contributed by atoms with van der Waals surface area (Å²) in [4.78, 5) is 17.1. The van der Waals surface area contributed by atoms with Gasteiger partial charge in [0, 0.05) is 70.7 Å². The van der Waals surface area contributed by atoms with Crippen molar-refractivity contribution in [1.29, 1.82) is 0 Å². The fourth-order valence-electron chi connectivity index (χ4n) is 4.13. The molecular weight excluding hydrogens is 392 g/mol. The molecule has 0 aliphatic carbocycles. The van der Waals surface area contributed by atoms with Crippen LogP contribution >= 0.6 is 11.3 Å². The summed E-state index contributed by atoms with van der Waals surface area (Å²) < 4.78 is 0. The molecule has 2 fully saturated rings. The minimum atomic E-state index is 0.787. The number of piperazine rings is 1. The summed E-state index contributed by atoms with van der Waals surface area (Å²) in [5.41, 5.74) is 2.57. The van der Waals surface area contributed by atoms with Crippen molar-refractivity contribution in [2.75, 3.05) is 57.3 Å². The second-order valence-corrected chi connectivity index (χ2v) is 8.89. The van der Waals surface area contributed by atoms with Crippen LogP contribution in [0.5, 0.6) is 0 Å². The molecule has 1 aromatic heterocycles. The van der Waals surface area contributed by atoms with Gasteiger partial charge in [-0.25, -0.2) is 4.98 Å². The van der Waals surface area contributed by atoms with E-state index in [1.54, 1.807) is 11.3 Å². The molecule has 2 saturated heterocycles. The van der Waals surface area contributed by atoms with Crippen LogP contribution in [0, 0.1) is 0 Å². The van der Waals surface area contributed by atoms with Crippen LogP contribution in [0.15, 0.2) is 40.7 Å². The van der Waals surface area contributed by atoms with Crippen LogP contribution in [-0.2, 0) is 13.0 Å². The Morgan fingerprint density at radius 3 is 2.57 bits per heavy atom. The summed E-state index contributed by atoms with van der Waals surface area (Å²) in [6.07, 6.45) is 3.50. The van der Waals surface area contributed by atoms with Crippen molar-refractivity contribution in [3.8, 4) is 0 Å². The Kier molecular flexibility index (Phi) is 7.59. The number of nitrogens with zero attached hydrogens (tertiary/aromatic N) is 5. The maximum Gasteiger partial charge on any atom is 0.194 e. The Bertz CT molecular complexity index is 791. The van der Waals surface area contributed by atoms with Gasteiger partial charge in [0.25, 0.3) is 0 Å². The lowest BCUT2D eigenvalue weighted by molar-refractivity contribution is 0.172. The summed E-state index contributed by atoms with van der Waals surface area (Å²) in [5.74, 6) is 1.05. The second-order valence-electron chi connectivity index (χ2n) is 8.05. The molecule has 0 unspecified atom stereocenters. The minimum absolute atomic E-state index is 0.787. The fraction of sp³-hybridized carbons (Fsp3) is 0.565. The van der Waals surface area contributed by atoms with Gasteiger partial charge in [-0.05, 0) is 25.3 Å². The van der Waals surface area contributed by atoms with Crippen LogP contribution in [-0.4, -0.2) is 73.1 Å². The molecule has 2 aliphatic heterocycles. The van der Waals surface area contributed by atoms with E-state index in [4.69, 9.17) is 9.98 Å².